The second-order valence-electron chi connectivity index (χ2n) is 4.73. The molecule has 2 rings (SSSR count). The largest absolute Gasteiger partial charge is 0.474 e. The Bertz CT molecular complexity index is 348. The van der Waals surface area contributed by atoms with Gasteiger partial charge in [-0.2, -0.15) is 0 Å². The molecule has 1 atom stereocenters. The molecule has 1 fully saturated rings. The minimum absolute atomic E-state index is 0.355. The topological polar surface area (TPSA) is 34.2 Å². The fraction of sp³-hybridized carbons (Fsp3) is 0.643. The molecule has 1 heterocycles. The first-order valence-corrected chi connectivity index (χ1v) is 6.65. The second-order valence-corrected chi connectivity index (χ2v) is 4.73. The van der Waals surface area contributed by atoms with Crippen molar-refractivity contribution in [1.82, 2.24) is 10.3 Å². The van der Waals surface area contributed by atoms with Crippen LogP contribution in [-0.2, 0) is 0 Å². The zero-order valence-electron chi connectivity index (χ0n) is 10.8. The third-order valence-corrected chi connectivity index (χ3v) is 3.36. The van der Waals surface area contributed by atoms with Gasteiger partial charge in [-0.15, -0.1) is 0 Å². The van der Waals surface area contributed by atoms with Crippen LogP contribution in [0.4, 0.5) is 0 Å². The molecule has 1 aromatic rings. The van der Waals surface area contributed by atoms with E-state index >= 15 is 0 Å². The Morgan fingerprint density at radius 3 is 2.94 bits per heavy atom. The number of hydrogen-bond donors (Lipinski definition) is 1. The molecule has 1 saturated carbocycles. The highest BCUT2D eigenvalue weighted by atomic mass is 16.5. The maximum Gasteiger partial charge on any atom is 0.213 e. The highest BCUT2D eigenvalue weighted by Crippen LogP contribution is 2.24. The monoisotopic (exact) mass is 234 g/mol. The molecule has 17 heavy (non-hydrogen) atoms. The van der Waals surface area contributed by atoms with E-state index < -0.39 is 0 Å². The van der Waals surface area contributed by atoms with Gasteiger partial charge in [0.15, 0.2) is 0 Å². The van der Waals surface area contributed by atoms with Crippen LogP contribution >= 0.6 is 0 Å². The van der Waals surface area contributed by atoms with E-state index in [4.69, 9.17) is 4.74 Å². The lowest BCUT2D eigenvalue weighted by Crippen LogP contribution is -2.18. The third kappa shape index (κ3) is 3.43. The first-order chi connectivity index (χ1) is 8.29. The smallest absolute Gasteiger partial charge is 0.213 e. The van der Waals surface area contributed by atoms with Gasteiger partial charge >= 0.3 is 0 Å². The summed E-state index contributed by atoms with van der Waals surface area (Å²) in [6.45, 7) is 5.26. The van der Waals surface area contributed by atoms with Crippen LogP contribution in [0.1, 0.15) is 51.1 Å². The van der Waals surface area contributed by atoms with Gasteiger partial charge in [0.25, 0.3) is 0 Å². The molecule has 0 aromatic carbocycles. The van der Waals surface area contributed by atoms with Crippen molar-refractivity contribution in [3.63, 3.8) is 0 Å². The number of nitrogens with one attached hydrogen (secondary N) is 1. The fourth-order valence-corrected chi connectivity index (χ4v) is 2.36. The van der Waals surface area contributed by atoms with E-state index in [-0.39, 0.29) is 0 Å². The van der Waals surface area contributed by atoms with E-state index in [1.54, 1.807) is 0 Å². The lowest BCUT2D eigenvalue weighted by atomic mass is 10.1. The van der Waals surface area contributed by atoms with E-state index in [0.29, 0.717) is 12.1 Å². The van der Waals surface area contributed by atoms with Gasteiger partial charge < -0.3 is 10.1 Å². The Morgan fingerprint density at radius 1 is 1.47 bits per heavy atom. The summed E-state index contributed by atoms with van der Waals surface area (Å²) < 4.78 is 5.91. The maximum atomic E-state index is 5.91. The molecule has 0 bridgehead atoms. The molecule has 1 aliphatic rings. The Hall–Kier alpha value is -1.09. The van der Waals surface area contributed by atoms with E-state index in [2.05, 4.69) is 36.3 Å². The normalized spacial score (nSPS) is 18.2. The van der Waals surface area contributed by atoms with E-state index in [0.717, 1.165) is 12.4 Å². The standard InChI is InChI=1S/C14H22N2O/c1-3-15-11(2)12-8-9-16-14(10-12)17-13-6-4-5-7-13/h8-11,13,15H,3-7H2,1-2H3. The molecule has 0 radical (unpaired) electrons. The van der Waals surface area contributed by atoms with Gasteiger partial charge in [0, 0.05) is 18.3 Å². The van der Waals surface area contributed by atoms with Crippen molar-refractivity contribution < 1.29 is 4.74 Å². The summed E-state index contributed by atoms with van der Waals surface area (Å²) in [6.07, 6.45) is 7.15. The molecule has 3 nitrogen and oxygen atoms in total. The summed E-state index contributed by atoms with van der Waals surface area (Å²) >= 11 is 0. The van der Waals surface area contributed by atoms with Crippen LogP contribution < -0.4 is 10.1 Å². The van der Waals surface area contributed by atoms with Gasteiger partial charge in [-0.3, -0.25) is 0 Å². The Kier molecular flexibility index (Phi) is 4.37. The van der Waals surface area contributed by atoms with Gasteiger partial charge in [-0.05, 0) is 50.8 Å². The molecular weight excluding hydrogens is 212 g/mol. The van der Waals surface area contributed by atoms with Crippen molar-refractivity contribution in [2.24, 2.45) is 0 Å². The second kappa shape index (κ2) is 6.01. The summed E-state index contributed by atoms with van der Waals surface area (Å²) in [6, 6.07) is 4.47. The van der Waals surface area contributed by atoms with Crippen molar-refractivity contribution in [1.29, 1.82) is 0 Å². The zero-order valence-corrected chi connectivity index (χ0v) is 10.8. The van der Waals surface area contributed by atoms with Crippen molar-refractivity contribution >= 4 is 0 Å². The quantitative estimate of drug-likeness (QED) is 0.850. The molecule has 3 heteroatoms. The van der Waals surface area contributed by atoms with Gasteiger partial charge in [-0.1, -0.05) is 6.92 Å². The molecular formula is C14H22N2O. The van der Waals surface area contributed by atoms with Crippen molar-refractivity contribution in [3.8, 4) is 5.88 Å². The molecule has 1 unspecified atom stereocenters. The summed E-state index contributed by atoms with van der Waals surface area (Å²) in [5.41, 5.74) is 1.25. The van der Waals surface area contributed by atoms with Crippen molar-refractivity contribution in [2.75, 3.05) is 6.54 Å². The minimum Gasteiger partial charge on any atom is -0.474 e. The van der Waals surface area contributed by atoms with Gasteiger partial charge in [0.05, 0.1) is 0 Å². The Morgan fingerprint density at radius 2 is 2.24 bits per heavy atom. The first kappa shape index (κ1) is 12.4. The molecule has 1 aliphatic carbocycles. The number of hydrogen-bond acceptors (Lipinski definition) is 3. The van der Waals surface area contributed by atoms with Crippen LogP contribution in [0.5, 0.6) is 5.88 Å². The van der Waals surface area contributed by atoms with Gasteiger partial charge in [0.1, 0.15) is 6.10 Å². The number of nitrogens with zero attached hydrogens (tertiary/aromatic N) is 1. The Labute approximate surface area is 104 Å². The summed E-state index contributed by atoms with van der Waals surface area (Å²) in [5, 5.41) is 3.40. The number of pyridine rings is 1. The minimum atomic E-state index is 0.355. The zero-order chi connectivity index (χ0) is 12.1. The predicted octanol–water partition coefficient (Wildman–Crippen LogP) is 3.07. The number of rotatable bonds is 5. The number of aromatic nitrogens is 1. The molecule has 0 saturated heterocycles. The van der Waals surface area contributed by atoms with Crippen molar-refractivity contribution in [3.05, 3.63) is 23.9 Å². The predicted molar refractivity (Wildman–Crippen MR) is 69.2 cm³/mol. The average molecular weight is 234 g/mol. The van der Waals surface area contributed by atoms with Crippen LogP contribution in [0.15, 0.2) is 18.3 Å². The van der Waals surface area contributed by atoms with Gasteiger partial charge in [0.2, 0.25) is 5.88 Å². The maximum absolute atomic E-state index is 5.91. The molecule has 1 N–H and O–H groups in total. The molecule has 1 aromatic heterocycles. The fourth-order valence-electron chi connectivity index (χ4n) is 2.36. The van der Waals surface area contributed by atoms with Gasteiger partial charge in [-0.25, -0.2) is 4.98 Å². The third-order valence-electron chi connectivity index (χ3n) is 3.36. The molecule has 94 valence electrons. The molecule has 0 spiro atoms. The molecule has 0 aliphatic heterocycles. The van der Waals surface area contributed by atoms with Crippen molar-refractivity contribution in [2.45, 2.75) is 51.7 Å². The van der Waals surface area contributed by atoms with E-state index in [1.165, 1.54) is 31.2 Å². The van der Waals surface area contributed by atoms with Crippen LogP contribution in [0, 0.1) is 0 Å². The van der Waals surface area contributed by atoms with Crippen LogP contribution in [0.3, 0.4) is 0 Å². The summed E-state index contributed by atoms with van der Waals surface area (Å²) in [4.78, 5) is 4.30. The van der Waals surface area contributed by atoms with Crippen LogP contribution in [-0.4, -0.2) is 17.6 Å². The summed E-state index contributed by atoms with van der Waals surface area (Å²) in [7, 11) is 0. The highest BCUT2D eigenvalue weighted by Gasteiger charge is 2.17. The van der Waals surface area contributed by atoms with Crippen LogP contribution in [0.25, 0.3) is 0 Å². The lowest BCUT2D eigenvalue weighted by Gasteiger charge is -2.16. The lowest BCUT2D eigenvalue weighted by molar-refractivity contribution is 0.201. The summed E-state index contributed by atoms with van der Waals surface area (Å²) in [5.74, 6) is 0.777. The average Bonchev–Trinajstić information content (AvgIpc) is 2.82. The van der Waals surface area contributed by atoms with Crippen LogP contribution in [0.2, 0.25) is 0 Å². The first-order valence-electron chi connectivity index (χ1n) is 6.65. The molecule has 0 amide bonds. The van der Waals surface area contributed by atoms with E-state index in [9.17, 15) is 0 Å². The Balaban J connectivity index is 2.00. The SMILES string of the molecule is CCNC(C)c1ccnc(OC2CCCC2)c1. The van der Waals surface area contributed by atoms with E-state index in [1.807, 2.05) is 6.20 Å². The number of ether oxygens (including phenoxy) is 1. The highest BCUT2D eigenvalue weighted by molar-refractivity contribution is 5.23.